The second-order valence-corrected chi connectivity index (χ2v) is 7.07. The van der Waals surface area contributed by atoms with Gasteiger partial charge in [0, 0.05) is 24.7 Å². The highest BCUT2D eigenvalue weighted by atomic mass is 32.2. The normalized spacial score (nSPS) is 20.4. The number of rotatable bonds is 3. The molecule has 0 bridgehead atoms. The van der Waals surface area contributed by atoms with Crippen LogP contribution in [0.1, 0.15) is 23.6 Å². The monoisotopic (exact) mass is 291 g/mol. The summed E-state index contributed by atoms with van der Waals surface area (Å²) in [4.78, 5) is 0.363. The van der Waals surface area contributed by atoms with Crippen molar-refractivity contribution < 1.29 is 8.42 Å². The van der Waals surface area contributed by atoms with Crippen molar-refractivity contribution in [3.8, 4) is 0 Å². The summed E-state index contributed by atoms with van der Waals surface area (Å²) in [6, 6.07) is 8.60. The van der Waals surface area contributed by atoms with E-state index in [-0.39, 0.29) is 5.92 Å². The van der Waals surface area contributed by atoms with Gasteiger partial charge in [-0.3, -0.25) is 5.10 Å². The minimum atomic E-state index is -3.38. The van der Waals surface area contributed by atoms with Gasteiger partial charge < -0.3 is 0 Å². The lowest BCUT2D eigenvalue weighted by atomic mass is 10.0. The summed E-state index contributed by atoms with van der Waals surface area (Å²) in [6.07, 6.45) is 2.61. The SMILES string of the molecule is Cc1cn[nH]c1[C@@H]1CCN(S(=O)(=O)c2ccccc2)C1. The van der Waals surface area contributed by atoms with Gasteiger partial charge in [0.15, 0.2) is 0 Å². The van der Waals surface area contributed by atoms with Crippen molar-refractivity contribution in [2.75, 3.05) is 13.1 Å². The Hall–Kier alpha value is -1.66. The predicted octanol–water partition coefficient (Wildman–Crippen LogP) is 1.90. The molecule has 0 spiro atoms. The first-order valence-corrected chi connectivity index (χ1v) is 8.08. The average molecular weight is 291 g/mol. The van der Waals surface area contributed by atoms with Gasteiger partial charge in [-0.1, -0.05) is 18.2 Å². The molecule has 6 heteroatoms. The summed E-state index contributed by atoms with van der Waals surface area (Å²) in [5.41, 5.74) is 2.14. The summed E-state index contributed by atoms with van der Waals surface area (Å²) in [6.45, 7) is 3.06. The van der Waals surface area contributed by atoms with Gasteiger partial charge in [0.05, 0.1) is 11.1 Å². The molecule has 1 N–H and O–H groups in total. The van der Waals surface area contributed by atoms with Crippen LogP contribution in [0.4, 0.5) is 0 Å². The Balaban J connectivity index is 1.83. The number of H-pyrrole nitrogens is 1. The van der Waals surface area contributed by atoms with Gasteiger partial charge in [-0.25, -0.2) is 8.42 Å². The van der Waals surface area contributed by atoms with Crippen LogP contribution in [-0.2, 0) is 10.0 Å². The molecule has 20 heavy (non-hydrogen) atoms. The van der Waals surface area contributed by atoms with E-state index < -0.39 is 10.0 Å². The quantitative estimate of drug-likeness (QED) is 0.939. The van der Waals surface area contributed by atoms with E-state index in [9.17, 15) is 8.42 Å². The number of sulfonamides is 1. The minimum Gasteiger partial charge on any atom is -0.282 e. The van der Waals surface area contributed by atoms with E-state index in [0.717, 1.165) is 17.7 Å². The van der Waals surface area contributed by atoms with Gasteiger partial charge in [-0.2, -0.15) is 9.40 Å². The lowest BCUT2D eigenvalue weighted by Gasteiger charge is -2.16. The van der Waals surface area contributed by atoms with Crippen LogP contribution >= 0.6 is 0 Å². The second-order valence-electron chi connectivity index (χ2n) is 5.13. The molecular formula is C14H17N3O2S. The van der Waals surface area contributed by atoms with E-state index in [4.69, 9.17) is 0 Å². The number of hydrogen-bond acceptors (Lipinski definition) is 3. The molecule has 1 saturated heterocycles. The third-order valence-corrected chi connectivity index (χ3v) is 5.69. The molecule has 1 aromatic carbocycles. The zero-order chi connectivity index (χ0) is 14.2. The fraction of sp³-hybridized carbons (Fsp3) is 0.357. The Morgan fingerprint density at radius 1 is 1.30 bits per heavy atom. The molecule has 0 amide bonds. The maximum absolute atomic E-state index is 12.5. The molecule has 0 saturated carbocycles. The lowest BCUT2D eigenvalue weighted by Crippen LogP contribution is -2.28. The van der Waals surface area contributed by atoms with Crippen LogP contribution in [0.3, 0.4) is 0 Å². The zero-order valence-electron chi connectivity index (χ0n) is 11.3. The molecule has 3 rings (SSSR count). The van der Waals surface area contributed by atoms with Crippen molar-refractivity contribution in [1.82, 2.24) is 14.5 Å². The average Bonchev–Trinajstić information content (AvgIpc) is 3.08. The summed E-state index contributed by atoms with van der Waals surface area (Å²) in [5.74, 6) is 0.205. The maximum atomic E-state index is 12.5. The number of nitrogens with zero attached hydrogens (tertiary/aromatic N) is 2. The van der Waals surface area contributed by atoms with E-state index in [1.54, 1.807) is 34.8 Å². The third kappa shape index (κ3) is 2.25. The summed E-state index contributed by atoms with van der Waals surface area (Å²) in [5, 5.41) is 7.01. The first-order valence-electron chi connectivity index (χ1n) is 6.64. The van der Waals surface area contributed by atoms with Crippen molar-refractivity contribution in [2.45, 2.75) is 24.2 Å². The fourth-order valence-corrected chi connectivity index (χ4v) is 4.21. The molecule has 1 aliphatic rings. The predicted molar refractivity (Wildman–Crippen MR) is 75.9 cm³/mol. The standard InChI is InChI=1S/C14H17N3O2S/c1-11-9-15-16-14(11)12-7-8-17(10-12)20(18,19)13-5-3-2-4-6-13/h2-6,9,12H,7-8,10H2,1H3,(H,15,16)/t12-/m1/s1. The lowest BCUT2D eigenvalue weighted by molar-refractivity contribution is 0.472. The van der Waals surface area contributed by atoms with E-state index in [1.807, 2.05) is 13.0 Å². The molecule has 2 aromatic rings. The number of aromatic nitrogens is 2. The molecule has 1 aliphatic heterocycles. The van der Waals surface area contributed by atoms with Crippen molar-refractivity contribution in [1.29, 1.82) is 0 Å². The number of hydrogen-bond donors (Lipinski definition) is 1. The highest BCUT2D eigenvalue weighted by Gasteiger charge is 2.34. The van der Waals surface area contributed by atoms with Crippen LogP contribution in [0.2, 0.25) is 0 Å². The van der Waals surface area contributed by atoms with E-state index >= 15 is 0 Å². The van der Waals surface area contributed by atoms with Gasteiger partial charge in [0.1, 0.15) is 0 Å². The summed E-state index contributed by atoms with van der Waals surface area (Å²) in [7, 11) is -3.38. The first kappa shape index (κ1) is 13.3. The van der Waals surface area contributed by atoms with E-state index in [0.29, 0.717) is 18.0 Å². The zero-order valence-corrected chi connectivity index (χ0v) is 12.1. The van der Waals surface area contributed by atoms with Crippen LogP contribution in [0.25, 0.3) is 0 Å². The van der Waals surface area contributed by atoms with Gasteiger partial charge in [-0.15, -0.1) is 0 Å². The maximum Gasteiger partial charge on any atom is 0.243 e. The van der Waals surface area contributed by atoms with Gasteiger partial charge in [-0.05, 0) is 31.0 Å². The molecule has 0 radical (unpaired) electrons. The Kier molecular flexibility index (Phi) is 3.35. The van der Waals surface area contributed by atoms with E-state index in [2.05, 4.69) is 10.2 Å². The highest BCUT2D eigenvalue weighted by Crippen LogP contribution is 2.31. The van der Waals surface area contributed by atoms with Crippen LogP contribution in [-0.4, -0.2) is 36.0 Å². The number of aromatic amines is 1. The van der Waals surface area contributed by atoms with Crippen molar-refractivity contribution in [2.24, 2.45) is 0 Å². The fourth-order valence-electron chi connectivity index (χ4n) is 2.69. The molecule has 1 atom stereocenters. The van der Waals surface area contributed by atoms with Crippen molar-refractivity contribution in [3.63, 3.8) is 0 Å². The Morgan fingerprint density at radius 3 is 2.70 bits per heavy atom. The molecule has 5 nitrogen and oxygen atoms in total. The van der Waals surface area contributed by atoms with Crippen LogP contribution < -0.4 is 0 Å². The molecule has 0 unspecified atom stereocenters. The van der Waals surface area contributed by atoms with Gasteiger partial charge in [0.25, 0.3) is 0 Å². The summed E-state index contributed by atoms with van der Waals surface area (Å²) < 4.78 is 26.6. The smallest absolute Gasteiger partial charge is 0.243 e. The highest BCUT2D eigenvalue weighted by molar-refractivity contribution is 7.89. The molecule has 2 heterocycles. The Labute approximate surface area is 118 Å². The van der Waals surface area contributed by atoms with E-state index in [1.165, 1.54) is 0 Å². The van der Waals surface area contributed by atoms with Crippen molar-refractivity contribution >= 4 is 10.0 Å². The van der Waals surface area contributed by atoms with Gasteiger partial charge in [0.2, 0.25) is 10.0 Å². The number of benzene rings is 1. The summed E-state index contributed by atoms with van der Waals surface area (Å²) >= 11 is 0. The van der Waals surface area contributed by atoms with Crippen LogP contribution in [0.15, 0.2) is 41.4 Å². The molecule has 0 aliphatic carbocycles. The van der Waals surface area contributed by atoms with Gasteiger partial charge >= 0.3 is 0 Å². The molecule has 1 fully saturated rings. The topological polar surface area (TPSA) is 66.1 Å². The number of aryl methyl sites for hydroxylation is 1. The molecule has 106 valence electrons. The Morgan fingerprint density at radius 2 is 2.05 bits per heavy atom. The first-order chi connectivity index (χ1) is 9.59. The largest absolute Gasteiger partial charge is 0.282 e. The molecule has 1 aromatic heterocycles. The minimum absolute atomic E-state index is 0.205. The molecular weight excluding hydrogens is 274 g/mol. The Bertz CT molecular complexity index is 694. The number of nitrogens with one attached hydrogen (secondary N) is 1. The third-order valence-electron chi connectivity index (χ3n) is 3.81. The second kappa shape index (κ2) is 5.03. The van der Waals surface area contributed by atoms with Crippen LogP contribution in [0.5, 0.6) is 0 Å². The van der Waals surface area contributed by atoms with Crippen LogP contribution in [0, 0.1) is 6.92 Å². The van der Waals surface area contributed by atoms with Crippen molar-refractivity contribution in [3.05, 3.63) is 47.8 Å².